The number of hydrogen-bond acceptors (Lipinski definition) is 3. The molecule has 1 heterocycles. The molecule has 20 heavy (non-hydrogen) atoms. The van der Waals surface area contributed by atoms with E-state index in [1.165, 1.54) is 6.07 Å². The van der Waals surface area contributed by atoms with E-state index in [2.05, 4.69) is 4.98 Å². The SMILES string of the molecule is CC(C)(O)C(C)(C)OBc1cc(F)c2ncccc2c1. The predicted octanol–water partition coefficient (Wildman–Crippen LogP) is 1.92. The molecule has 2 rings (SSSR count). The molecule has 0 radical (unpaired) electrons. The highest BCUT2D eigenvalue weighted by Gasteiger charge is 2.35. The lowest BCUT2D eigenvalue weighted by molar-refractivity contribution is -0.0893. The summed E-state index contributed by atoms with van der Waals surface area (Å²) in [5.74, 6) is -0.359. The van der Waals surface area contributed by atoms with Gasteiger partial charge in [-0.05, 0) is 45.3 Å². The van der Waals surface area contributed by atoms with E-state index in [-0.39, 0.29) is 13.3 Å². The number of hydrogen-bond donors (Lipinski definition) is 1. The Bertz CT molecular complexity index is 623. The fraction of sp³-hybridized carbons (Fsp3) is 0.400. The first-order valence-corrected chi connectivity index (χ1v) is 6.60. The van der Waals surface area contributed by atoms with Crippen LogP contribution in [-0.4, -0.2) is 28.8 Å². The van der Waals surface area contributed by atoms with Crippen molar-refractivity contribution < 1.29 is 14.2 Å². The maximum absolute atomic E-state index is 13.9. The molecule has 0 saturated carbocycles. The average molecular weight is 275 g/mol. The largest absolute Gasteiger partial charge is 0.427 e. The fourth-order valence-corrected chi connectivity index (χ4v) is 1.73. The number of benzene rings is 1. The van der Waals surface area contributed by atoms with E-state index < -0.39 is 11.2 Å². The third-order valence-corrected chi connectivity index (χ3v) is 3.79. The van der Waals surface area contributed by atoms with Crippen LogP contribution in [0.15, 0.2) is 30.5 Å². The summed E-state index contributed by atoms with van der Waals surface area (Å²) in [5.41, 5.74) is -0.629. The van der Waals surface area contributed by atoms with E-state index in [1.807, 2.05) is 26.0 Å². The number of fused-ring (bicyclic) bond motifs is 1. The average Bonchev–Trinajstić information content (AvgIpc) is 2.35. The molecule has 0 aliphatic heterocycles. The van der Waals surface area contributed by atoms with Crippen molar-refractivity contribution >= 4 is 23.8 Å². The number of nitrogens with zero attached hydrogens (tertiary/aromatic N) is 1. The van der Waals surface area contributed by atoms with Gasteiger partial charge in [0.1, 0.15) is 11.3 Å². The first-order chi connectivity index (χ1) is 9.21. The van der Waals surface area contributed by atoms with Gasteiger partial charge in [0.25, 0.3) is 0 Å². The Balaban J connectivity index is 2.23. The van der Waals surface area contributed by atoms with Crippen molar-refractivity contribution in [1.29, 1.82) is 0 Å². The molecule has 0 atom stereocenters. The molecule has 1 aromatic carbocycles. The third-order valence-electron chi connectivity index (χ3n) is 3.79. The van der Waals surface area contributed by atoms with Gasteiger partial charge in [0.2, 0.25) is 0 Å². The van der Waals surface area contributed by atoms with E-state index in [0.717, 1.165) is 10.8 Å². The Morgan fingerprint density at radius 3 is 2.60 bits per heavy atom. The molecule has 1 aromatic heterocycles. The van der Waals surface area contributed by atoms with E-state index >= 15 is 0 Å². The van der Waals surface area contributed by atoms with Gasteiger partial charge in [-0.15, -0.1) is 0 Å². The van der Waals surface area contributed by atoms with Crippen molar-refractivity contribution in [3.05, 3.63) is 36.3 Å². The molecule has 2 aromatic rings. The zero-order valence-corrected chi connectivity index (χ0v) is 12.3. The number of aliphatic hydroxyl groups is 1. The molecule has 0 unspecified atom stereocenters. The van der Waals surface area contributed by atoms with Gasteiger partial charge in [-0.25, -0.2) is 4.39 Å². The lowest BCUT2D eigenvalue weighted by Crippen LogP contribution is -2.49. The van der Waals surface area contributed by atoms with Crippen molar-refractivity contribution in [3.63, 3.8) is 0 Å². The molecule has 0 spiro atoms. The summed E-state index contributed by atoms with van der Waals surface area (Å²) in [6.45, 7) is 7.01. The molecule has 106 valence electrons. The minimum atomic E-state index is -0.982. The molecule has 0 amide bonds. The van der Waals surface area contributed by atoms with Crippen LogP contribution in [0, 0.1) is 5.82 Å². The van der Waals surface area contributed by atoms with Gasteiger partial charge in [-0.3, -0.25) is 4.98 Å². The van der Waals surface area contributed by atoms with Crippen LogP contribution in [0.4, 0.5) is 4.39 Å². The maximum Gasteiger partial charge on any atom is 0.309 e. The fourth-order valence-electron chi connectivity index (χ4n) is 1.73. The summed E-state index contributed by atoms with van der Waals surface area (Å²) in [7, 11) is 0.235. The second-order valence-electron chi connectivity index (χ2n) is 6.01. The molecule has 3 nitrogen and oxygen atoms in total. The molecule has 0 fully saturated rings. The van der Waals surface area contributed by atoms with Gasteiger partial charge in [-0.2, -0.15) is 0 Å². The van der Waals surface area contributed by atoms with Crippen LogP contribution in [-0.2, 0) is 4.65 Å². The summed E-state index contributed by atoms with van der Waals surface area (Å²) >= 11 is 0. The molecule has 0 aliphatic carbocycles. The molecule has 0 aliphatic rings. The lowest BCUT2D eigenvalue weighted by atomic mass is 9.82. The second kappa shape index (κ2) is 5.15. The van der Waals surface area contributed by atoms with Gasteiger partial charge < -0.3 is 9.76 Å². The summed E-state index contributed by atoms with van der Waals surface area (Å²) < 4.78 is 19.7. The smallest absolute Gasteiger partial charge is 0.309 e. The van der Waals surface area contributed by atoms with Gasteiger partial charge in [0, 0.05) is 11.6 Å². The molecule has 5 heteroatoms. The Morgan fingerprint density at radius 1 is 1.25 bits per heavy atom. The summed E-state index contributed by atoms with van der Waals surface area (Å²) in [6, 6.07) is 6.87. The maximum atomic E-state index is 13.9. The number of halogens is 1. The van der Waals surface area contributed by atoms with Crippen molar-refractivity contribution in [2.24, 2.45) is 0 Å². The van der Waals surface area contributed by atoms with Crippen molar-refractivity contribution in [2.75, 3.05) is 0 Å². The molecular formula is C15H19BFNO2. The van der Waals surface area contributed by atoms with Crippen LogP contribution in [0.25, 0.3) is 10.9 Å². The van der Waals surface area contributed by atoms with Crippen LogP contribution >= 0.6 is 0 Å². The van der Waals surface area contributed by atoms with Crippen LogP contribution in [0.5, 0.6) is 0 Å². The zero-order valence-electron chi connectivity index (χ0n) is 12.3. The van der Waals surface area contributed by atoms with Crippen molar-refractivity contribution in [3.8, 4) is 0 Å². The quantitative estimate of drug-likeness (QED) is 0.867. The van der Waals surface area contributed by atoms with Crippen LogP contribution in [0.1, 0.15) is 27.7 Å². The first-order valence-electron chi connectivity index (χ1n) is 6.60. The van der Waals surface area contributed by atoms with Gasteiger partial charge in [0.05, 0.1) is 11.2 Å². The zero-order chi connectivity index (χ0) is 15.0. The number of aromatic nitrogens is 1. The first kappa shape index (κ1) is 14.9. The van der Waals surface area contributed by atoms with Crippen molar-refractivity contribution in [1.82, 2.24) is 4.98 Å². The lowest BCUT2D eigenvalue weighted by Gasteiger charge is -2.37. The topological polar surface area (TPSA) is 42.4 Å². The van der Waals surface area contributed by atoms with Gasteiger partial charge in [0.15, 0.2) is 0 Å². The number of pyridine rings is 1. The highest BCUT2D eigenvalue weighted by Crippen LogP contribution is 2.24. The van der Waals surface area contributed by atoms with E-state index in [1.54, 1.807) is 26.1 Å². The second-order valence-corrected chi connectivity index (χ2v) is 6.01. The summed E-state index contributed by atoms with van der Waals surface area (Å²) in [4.78, 5) is 4.01. The number of rotatable bonds is 4. The third kappa shape index (κ3) is 2.99. The summed E-state index contributed by atoms with van der Waals surface area (Å²) in [6.07, 6.45) is 1.57. The Labute approximate surface area is 119 Å². The molecule has 0 saturated heterocycles. The Morgan fingerprint density at radius 2 is 1.95 bits per heavy atom. The van der Waals surface area contributed by atoms with Gasteiger partial charge in [-0.1, -0.05) is 12.1 Å². The van der Waals surface area contributed by atoms with E-state index in [9.17, 15) is 9.50 Å². The minimum absolute atomic E-state index is 0.235. The molecule has 1 N–H and O–H groups in total. The van der Waals surface area contributed by atoms with Crippen LogP contribution in [0.3, 0.4) is 0 Å². The van der Waals surface area contributed by atoms with E-state index in [4.69, 9.17) is 4.65 Å². The van der Waals surface area contributed by atoms with Crippen LogP contribution < -0.4 is 5.46 Å². The molecule has 0 bridgehead atoms. The normalized spacial score (nSPS) is 12.7. The minimum Gasteiger partial charge on any atom is -0.427 e. The van der Waals surface area contributed by atoms with E-state index in [0.29, 0.717) is 5.52 Å². The molecular weight excluding hydrogens is 256 g/mol. The summed E-state index contributed by atoms with van der Waals surface area (Å²) in [5, 5.41) is 10.8. The van der Waals surface area contributed by atoms with Gasteiger partial charge >= 0.3 is 7.48 Å². The highest BCUT2D eigenvalue weighted by atomic mass is 19.1. The predicted molar refractivity (Wildman–Crippen MR) is 79.9 cm³/mol. The van der Waals surface area contributed by atoms with Crippen LogP contribution in [0.2, 0.25) is 0 Å². The highest BCUT2D eigenvalue weighted by molar-refractivity contribution is 6.47. The standard InChI is InChI=1S/C15H19BFNO2/c1-14(2,19)15(3,4)20-16-11-8-10-6-5-7-18-13(10)12(17)9-11/h5-9,16,19H,1-4H3. The Kier molecular flexibility index (Phi) is 3.85. The van der Waals surface area contributed by atoms with Crippen molar-refractivity contribution in [2.45, 2.75) is 38.9 Å². The Hall–Kier alpha value is -1.46. The monoisotopic (exact) mass is 275 g/mol.